The van der Waals surface area contributed by atoms with Gasteiger partial charge in [0.15, 0.2) is 23.5 Å². The van der Waals surface area contributed by atoms with Crippen LogP contribution in [0.4, 0.5) is 5.82 Å². The van der Waals surface area contributed by atoms with E-state index < -0.39 is 18.1 Å². The highest BCUT2D eigenvalue weighted by atomic mass is 16.8. The Kier molecular flexibility index (Phi) is 3.32. The highest BCUT2D eigenvalue weighted by Gasteiger charge is 2.55. The molecule has 0 saturated carbocycles. The van der Waals surface area contributed by atoms with E-state index in [1.54, 1.807) is 10.9 Å². The first-order valence-corrected chi connectivity index (χ1v) is 7.45. The normalized spacial score (nSPS) is 31.1. The molecule has 11 nitrogen and oxygen atoms in total. The van der Waals surface area contributed by atoms with Gasteiger partial charge in [-0.1, -0.05) is 5.11 Å². The van der Waals surface area contributed by atoms with Gasteiger partial charge in [0.1, 0.15) is 24.1 Å². The molecule has 4 rings (SSSR count). The summed E-state index contributed by atoms with van der Waals surface area (Å²) < 4.78 is 19.7. The molecule has 24 heavy (non-hydrogen) atoms. The van der Waals surface area contributed by atoms with Gasteiger partial charge in [0.05, 0.1) is 19.0 Å². The third kappa shape index (κ3) is 2.26. The Balaban J connectivity index is 1.74. The van der Waals surface area contributed by atoms with Crippen molar-refractivity contribution in [1.29, 1.82) is 0 Å². The van der Waals surface area contributed by atoms with Crippen molar-refractivity contribution >= 4 is 17.0 Å². The summed E-state index contributed by atoms with van der Waals surface area (Å²) in [7, 11) is 0. The molecule has 2 fully saturated rings. The molecular formula is C13H16N8O3. The molecule has 4 heterocycles. The van der Waals surface area contributed by atoms with Crippen LogP contribution >= 0.6 is 0 Å². The zero-order chi connectivity index (χ0) is 16.9. The highest BCUT2D eigenvalue weighted by Crippen LogP contribution is 2.43. The zero-order valence-corrected chi connectivity index (χ0v) is 13.1. The maximum absolute atomic E-state index is 8.58. The van der Waals surface area contributed by atoms with Crippen LogP contribution < -0.4 is 5.73 Å². The van der Waals surface area contributed by atoms with E-state index in [1.807, 2.05) is 13.8 Å². The van der Waals surface area contributed by atoms with E-state index in [4.69, 9.17) is 25.5 Å². The van der Waals surface area contributed by atoms with Crippen molar-refractivity contribution in [2.24, 2.45) is 5.11 Å². The van der Waals surface area contributed by atoms with Crippen LogP contribution in [0.3, 0.4) is 0 Å². The molecule has 2 N–H and O–H groups in total. The molecule has 2 aliphatic heterocycles. The molecule has 11 heteroatoms. The number of nitrogens with zero attached hydrogens (tertiary/aromatic N) is 7. The minimum atomic E-state index is -0.754. The van der Waals surface area contributed by atoms with E-state index in [-0.39, 0.29) is 18.8 Å². The summed E-state index contributed by atoms with van der Waals surface area (Å²) in [5.74, 6) is -0.459. The molecule has 0 aliphatic carbocycles. The maximum Gasteiger partial charge on any atom is 0.167 e. The van der Waals surface area contributed by atoms with Crippen LogP contribution in [0, 0.1) is 0 Å². The van der Waals surface area contributed by atoms with Crippen molar-refractivity contribution < 1.29 is 14.2 Å². The second-order valence-electron chi connectivity index (χ2n) is 6.13. The van der Waals surface area contributed by atoms with E-state index in [9.17, 15) is 0 Å². The van der Waals surface area contributed by atoms with Gasteiger partial charge >= 0.3 is 0 Å². The first-order chi connectivity index (χ1) is 11.5. The third-order valence-corrected chi connectivity index (χ3v) is 4.11. The standard InChI is InChI=1S/C13H16N8O3/c1-13(2)23-8-6(3-19-20-15)22-12(9(8)24-13)21-5-18-7-10(14)16-4-17-11(7)21/h4-6,8-9,12H,3H2,1-2H3,(H2,14,16,17)/t6-,8+,9?,12-/m1/s1. The third-order valence-electron chi connectivity index (χ3n) is 4.11. The van der Waals surface area contributed by atoms with Crippen LogP contribution in [0.5, 0.6) is 0 Å². The molecule has 0 bridgehead atoms. The largest absolute Gasteiger partial charge is 0.382 e. The van der Waals surface area contributed by atoms with Crippen molar-refractivity contribution in [3.05, 3.63) is 23.1 Å². The SMILES string of the molecule is CC1(C)OC2[C@@H](O1)[C@@H](CN=[N+]=[N-])O[C@H]2n1cnc2c(N)ncnc21. The van der Waals surface area contributed by atoms with Crippen molar-refractivity contribution in [2.45, 2.75) is 44.2 Å². The summed E-state index contributed by atoms with van der Waals surface area (Å²) in [6.07, 6.45) is 1.28. The lowest BCUT2D eigenvalue weighted by Gasteiger charge is -2.24. The van der Waals surface area contributed by atoms with E-state index in [0.29, 0.717) is 17.0 Å². The number of fused-ring (bicyclic) bond motifs is 2. The number of nitrogen functional groups attached to an aromatic ring is 1. The Morgan fingerprint density at radius 2 is 2.12 bits per heavy atom. The summed E-state index contributed by atoms with van der Waals surface area (Å²) in [5, 5.41) is 3.60. The molecular weight excluding hydrogens is 316 g/mol. The molecule has 0 aromatic carbocycles. The summed E-state index contributed by atoms with van der Waals surface area (Å²) in [5.41, 5.74) is 15.4. The first-order valence-electron chi connectivity index (χ1n) is 7.45. The summed E-state index contributed by atoms with van der Waals surface area (Å²) in [6.45, 7) is 3.82. The predicted molar refractivity (Wildman–Crippen MR) is 81.5 cm³/mol. The van der Waals surface area contributed by atoms with Crippen molar-refractivity contribution in [2.75, 3.05) is 12.3 Å². The molecule has 2 saturated heterocycles. The summed E-state index contributed by atoms with van der Waals surface area (Å²) in [6, 6.07) is 0. The number of ether oxygens (including phenoxy) is 3. The average molecular weight is 332 g/mol. The Morgan fingerprint density at radius 1 is 1.33 bits per heavy atom. The van der Waals surface area contributed by atoms with Gasteiger partial charge in [-0.15, -0.1) is 0 Å². The summed E-state index contributed by atoms with van der Waals surface area (Å²) in [4.78, 5) is 15.2. The lowest BCUT2D eigenvalue weighted by Crippen LogP contribution is -2.31. The number of azide groups is 1. The minimum Gasteiger partial charge on any atom is -0.382 e. The number of imidazole rings is 1. The van der Waals surface area contributed by atoms with Crippen LogP contribution in [0.15, 0.2) is 17.8 Å². The topological polar surface area (TPSA) is 146 Å². The number of nitrogens with two attached hydrogens (primary N) is 1. The number of hydrogen-bond acceptors (Lipinski definition) is 8. The van der Waals surface area contributed by atoms with E-state index in [1.165, 1.54) is 6.33 Å². The average Bonchev–Trinajstić information content (AvgIpc) is 3.17. The van der Waals surface area contributed by atoms with Gasteiger partial charge in [0, 0.05) is 4.91 Å². The first kappa shape index (κ1) is 15.1. The number of anilines is 1. The van der Waals surface area contributed by atoms with Gasteiger partial charge < -0.3 is 19.9 Å². The quantitative estimate of drug-likeness (QED) is 0.503. The van der Waals surface area contributed by atoms with E-state index in [2.05, 4.69) is 25.0 Å². The second-order valence-corrected chi connectivity index (χ2v) is 6.13. The van der Waals surface area contributed by atoms with Crippen molar-refractivity contribution in [3.63, 3.8) is 0 Å². The lowest BCUT2D eigenvalue weighted by molar-refractivity contribution is -0.195. The van der Waals surface area contributed by atoms with Gasteiger partial charge in [0.2, 0.25) is 0 Å². The Bertz CT molecular complexity index is 830. The molecule has 2 aromatic heterocycles. The van der Waals surface area contributed by atoms with Gasteiger partial charge in [-0.3, -0.25) is 4.57 Å². The Morgan fingerprint density at radius 3 is 2.92 bits per heavy atom. The number of rotatable bonds is 3. The van der Waals surface area contributed by atoms with Gasteiger partial charge in [-0.25, -0.2) is 15.0 Å². The number of aromatic nitrogens is 4. The molecule has 1 unspecified atom stereocenters. The Hall–Kier alpha value is -2.46. The fraction of sp³-hybridized carbons (Fsp3) is 0.615. The number of hydrogen-bond donors (Lipinski definition) is 1. The lowest BCUT2D eigenvalue weighted by atomic mass is 10.1. The van der Waals surface area contributed by atoms with Gasteiger partial charge in [0.25, 0.3) is 0 Å². The van der Waals surface area contributed by atoms with E-state index >= 15 is 0 Å². The fourth-order valence-corrected chi connectivity index (χ4v) is 3.20. The van der Waals surface area contributed by atoms with Gasteiger partial charge in [-0.2, -0.15) is 0 Å². The zero-order valence-electron chi connectivity index (χ0n) is 13.1. The molecule has 0 radical (unpaired) electrons. The monoisotopic (exact) mass is 332 g/mol. The smallest absolute Gasteiger partial charge is 0.167 e. The van der Waals surface area contributed by atoms with Crippen LogP contribution in [0.2, 0.25) is 0 Å². The van der Waals surface area contributed by atoms with Crippen molar-refractivity contribution in [3.8, 4) is 0 Å². The van der Waals surface area contributed by atoms with Crippen LogP contribution in [0.25, 0.3) is 21.6 Å². The van der Waals surface area contributed by atoms with Crippen LogP contribution in [0.1, 0.15) is 20.1 Å². The summed E-state index contributed by atoms with van der Waals surface area (Å²) >= 11 is 0. The highest BCUT2D eigenvalue weighted by molar-refractivity contribution is 5.81. The molecule has 0 spiro atoms. The molecule has 4 atom stereocenters. The van der Waals surface area contributed by atoms with Gasteiger partial charge in [-0.05, 0) is 19.4 Å². The molecule has 0 amide bonds. The maximum atomic E-state index is 8.58. The van der Waals surface area contributed by atoms with Crippen LogP contribution in [-0.2, 0) is 14.2 Å². The predicted octanol–water partition coefficient (Wildman–Crippen LogP) is 1.14. The minimum absolute atomic E-state index is 0.150. The van der Waals surface area contributed by atoms with Crippen LogP contribution in [-0.4, -0.2) is 50.2 Å². The molecule has 2 aliphatic rings. The Labute approximate surface area is 136 Å². The molecule has 2 aromatic rings. The second kappa shape index (κ2) is 5.28. The molecule has 126 valence electrons. The fourth-order valence-electron chi connectivity index (χ4n) is 3.20. The van der Waals surface area contributed by atoms with Crippen molar-refractivity contribution in [1.82, 2.24) is 19.5 Å². The van der Waals surface area contributed by atoms with E-state index in [0.717, 1.165) is 0 Å².